The van der Waals surface area contributed by atoms with Gasteiger partial charge in [-0.05, 0) is 43.5 Å². The van der Waals surface area contributed by atoms with Crippen molar-refractivity contribution in [3.63, 3.8) is 0 Å². The van der Waals surface area contributed by atoms with Crippen molar-refractivity contribution >= 4 is 16.8 Å². The molecule has 1 aromatic carbocycles. The molecule has 4 N–H and O–H groups in total. The van der Waals surface area contributed by atoms with Gasteiger partial charge in [-0.15, -0.1) is 0 Å². The summed E-state index contributed by atoms with van der Waals surface area (Å²) in [5, 5.41) is 4.21. The van der Waals surface area contributed by atoms with Gasteiger partial charge in [0.05, 0.1) is 0 Å². The second-order valence-electron chi connectivity index (χ2n) is 4.80. The molecule has 2 rings (SSSR count). The Morgan fingerprint density at radius 2 is 2.26 bits per heavy atom. The Bertz CT molecular complexity index is 560. The maximum Gasteiger partial charge on any atom is 0.220 e. The predicted octanol–water partition coefficient (Wildman–Crippen LogP) is 1.87. The Kier molecular flexibility index (Phi) is 4.58. The molecule has 1 aromatic heterocycles. The number of aryl methyl sites for hydroxylation is 1. The first-order valence-electron chi connectivity index (χ1n) is 6.74. The second kappa shape index (κ2) is 6.38. The van der Waals surface area contributed by atoms with Crippen LogP contribution in [0.2, 0.25) is 0 Å². The summed E-state index contributed by atoms with van der Waals surface area (Å²) in [5.74, 6) is 0.0852. The average molecular weight is 259 g/mol. The fourth-order valence-electron chi connectivity index (χ4n) is 2.34. The third-order valence-corrected chi connectivity index (χ3v) is 3.32. The summed E-state index contributed by atoms with van der Waals surface area (Å²) < 4.78 is 0. The van der Waals surface area contributed by atoms with Crippen LogP contribution < -0.4 is 11.1 Å². The number of carbonyl (C=O) groups excluding carboxylic acids is 1. The van der Waals surface area contributed by atoms with E-state index in [0.717, 1.165) is 18.4 Å². The zero-order chi connectivity index (χ0) is 13.7. The number of hydrogen-bond donors (Lipinski definition) is 3. The summed E-state index contributed by atoms with van der Waals surface area (Å²) in [6, 6.07) is 6.23. The van der Waals surface area contributed by atoms with Crippen molar-refractivity contribution < 1.29 is 4.79 Å². The van der Waals surface area contributed by atoms with Crippen LogP contribution in [0.4, 0.5) is 0 Å². The van der Waals surface area contributed by atoms with Crippen molar-refractivity contribution in [2.45, 2.75) is 26.2 Å². The van der Waals surface area contributed by atoms with Crippen LogP contribution in [0.15, 0.2) is 24.4 Å². The number of nitrogens with one attached hydrogen (secondary N) is 2. The first-order chi connectivity index (χ1) is 9.22. The molecule has 0 fully saturated rings. The molecule has 1 amide bonds. The number of H-pyrrole nitrogens is 1. The molecule has 0 aliphatic carbocycles. The summed E-state index contributed by atoms with van der Waals surface area (Å²) in [6.45, 7) is 3.35. The van der Waals surface area contributed by atoms with Crippen LogP contribution >= 0.6 is 0 Å². The molecule has 0 atom stereocenters. The topological polar surface area (TPSA) is 70.9 Å². The van der Waals surface area contributed by atoms with Crippen LogP contribution in [0.5, 0.6) is 0 Å². The lowest BCUT2D eigenvalue weighted by atomic mass is 10.1. The zero-order valence-electron chi connectivity index (χ0n) is 11.3. The van der Waals surface area contributed by atoms with Crippen LogP contribution in [-0.4, -0.2) is 24.0 Å². The van der Waals surface area contributed by atoms with Gasteiger partial charge in [-0.25, -0.2) is 0 Å². The second-order valence-corrected chi connectivity index (χ2v) is 4.80. The molecule has 0 radical (unpaired) electrons. The van der Waals surface area contributed by atoms with Crippen LogP contribution in [0.1, 0.15) is 24.0 Å². The summed E-state index contributed by atoms with van der Waals surface area (Å²) in [5.41, 5.74) is 9.06. The Hall–Kier alpha value is -1.81. The average Bonchev–Trinajstić information content (AvgIpc) is 2.81. The maximum atomic E-state index is 11.5. The molecule has 0 unspecified atom stereocenters. The number of aromatic nitrogens is 1. The summed E-state index contributed by atoms with van der Waals surface area (Å²) in [6.07, 6.45) is 4.14. The van der Waals surface area contributed by atoms with Gasteiger partial charge in [0.1, 0.15) is 0 Å². The first kappa shape index (κ1) is 13.6. The van der Waals surface area contributed by atoms with Gasteiger partial charge in [0.25, 0.3) is 0 Å². The molecule has 0 bridgehead atoms. The maximum absolute atomic E-state index is 11.5. The Balaban J connectivity index is 1.93. The van der Waals surface area contributed by atoms with Gasteiger partial charge in [0.2, 0.25) is 5.91 Å². The van der Waals surface area contributed by atoms with E-state index in [1.807, 2.05) is 12.3 Å². The fourth-order valence-corrected chi connectivity index (χ4v) is 2.34. The van der Waals surface area contributed by atoms with Crippen molar-refractivity contribution in [1.82, 2.24) is 10.3 Å². The van der Waals surface area contributed by atoms with Gasteiger partial charge in [-0.3, -0.25) is 4.79 Å². The molecule has 2 aromatic rings. The number of rotatable bonds is 6. The predicted molar refractivity (Wildman–Crippen MR) is 78.0 cm³/mol. The standard InChI is InChI=1S/C15H21N3O/c1-11-4-2-5-13-15(11)12(10-18-13)7-9-17-14(19)6-3-8-16/h2,4-5,10,18H,3,6-9,16H2,1H3,(H,17,19). The number of amides is 1. The van der Waals surface area contributed by atoms with E-state index in [0.29, 0.717) is 19.5 Å². The van der Waals surface area contributed by atoms with E-state index in [1.165, 1.54) is 16.5 Å². The van der Waals surface area contributed by atoms with E-state index in [2.05, 4.69) is 29.4 Å². The summed E-state index contributed by atoms with van der Waals surface area (Å²) in [7, 11) is 0. The summed E-state index contributed by atoms with van der Waals surface area (Å²) >= 11 is 0. The number of carbonyl (C=O) groups is 1. The van der Waals surface area contributed by atoms with Crippen LogP contribution in [0.25, 0.3) is 10.9 Å². The van der Waals surface area contributed by atoms with E-state index < -0.39 is 0 Å². The minimum Gasteiger partial charge on any atom is -0.361 e. The number of nitrogens with two attached hydrogens (primary N) is 1. The SMILES string of the molecule is Cc1cccc2[nH]cc(CCNC(=O)CCCN)c12. The number of benzene rings is 1. The van der Waals surface area contributed by atoms with Crippen LogP contribution in [0.3, 0.4) is 0 Å². The normalized spacial score (nSPS) is 10.8. The van der Waals surface area contributed by atoms with Crippen molar-refractivity contribution in [3.05, 3.63) is 35.5 Å². The first-order valence-corrected chi connectivity index (χ1v) is 6.74. The molecule has 102 valence electrons. The van der Waals surface area contributed by atoms with E-state index in [1.54, 1.807) is 0 Å². The molecule has 19 heavy (non-hydrogen) atoms. The summed E-state index contributed by atoms with van der Waals surface area (Å²) in [4.78, 5) is 14.8. The number of hydrogen-bond acceptors (Lipinski definition) is 2. The lowest BCUT2D eigenvalue weighted by molar-refractivity contribution is -0.121. The molecule has 0 saturated carbocycles. The molecule has 4 nitrogen and oxygen atoms in total. The van der Waals surface area contributed by atoms with Gasteiger partial charge < -0.3 is 16.0 Å². The highest BCUT2D eigenvalue weighted by Crippen LogP contribution is 2.22. The molecule has 0 aliphatic rings. The highest BCUT2D eigenvalue weighted by molar-refractivity contribution is 5.86. The Morgan fingerprint density at radius 3 is 3.05 bits per heavy atom. The smallest absolute Gasteiger partial charge is 0.220 e. The van der Waals surface area contributed by atoms with Crippen molar-refractivity contribution in [3.8, 4) is 0 Å². The fraction of sp³-hybridized carbons (Fsp3) is 0.400. The van der Waals surface area contributed by atoms with Gasteiger partial charge in [-0.2, -0.15) is 0 Å². The molecule has 1 heterocycles. The Labute approximate surface area is 113 Å². The highest BCUT2D eigenvalue weighted by Gasteiger charge is 2.06. The van der Waals surface area contributed by atoms with Crippen LogP contribution in [0, 0.1) is 6.92 Å². The van der Waals surface area contributed by atoms with Crippen molar-refractivity contribution in [2.75, 3.05) is 13.1 Å². The molecule has 0 saturated heterocycles. The lowest BCUT2D eigenvalue weighted by Crippen LogP contribution is -2.25. The highest BCUT2D eigenvalue weighted by atomic mass is 16.1. The van der Waals surface area contributed by atoms with Gasteiger partial charge in [0, 0.05) is 30.1 Å². The third-order valence-electron chi connectivity index (χ3n) is 3.32. The van der Waals surface area contributed by atoms with Gasteiger partial charge >= 0.3 is 0 Å². The molecular formula is C15H21N3O. The van der Waals surface area contributed by atoms with Crippen molar-refractivity contribution in [1.29, 1.82) is 0 Å². The van der Waals surface area contributed by atoms with E-state index >= 15 is 0 Å². The molecule has 4 heteroatoms. The van der Waals surface area contributed by atoms with Crippen LogP contribution in [-0.2, 0) is 11.2 Å². The van der Waals surface area contributed by atoms with Gasteiger partial charge in [-0.1, -0.05) is 12.1 Å². The molecule has 0 spiro atoms. The van der Waals surface area contributed by atoms with E-state index in [-0.39, 0.29) is 5.91 Å². The zero-order valence-corrected chi connectivity index (χ0v) is 11.3. The quantitative estimate of drug-likeness (QED) is 0.741. The van der Waals surface area contributed by atoms with Crippen molar-refractivity contribution in [2.24, 2.45) is 5.73 Å². The minimum atomic E-state index is 0.0852. The third kappa shape index (κ3) is 3.35. The number of aromatic amines is 1. The molecular weight excluding hydrogens is 238 g/mol. The molecule has 0 aliphatic heterocycles. The minimum absolute atomic E-state index is 0.0852. The van der Waals surface area contributed by atoms with Gasteiger partial charge in [0.15, 0.2) is 0 Å². The monoisotopic (exact) mass is 259 g/mol. The Morgan fingerprint density at radius 1 is 1.42 bits per heavy atom. The number of fused-ring (bicyclic) bond motifs is 1. The lowest BCUT2D eigenvalue weighted by Gasteiger charge is -2.05. The van der Waals surface area contributed by atoms with E-state index in [4.69, 9.17) is 5.73 Å². The van der Waals surface area contributed by atoms with E-state index in [9.17, 15) is 4.79 Å². The largest absolute Gasteiger partial charge is 0.361 e.